The Morgan fingerprint density at radius 3 is 2.74 bits per heavy atom. The molecule has 1 aliphatic carbocycles. The van der Waals surface area contributed by atoms with Crippen LogP contribution >= 0.6 is 22.7 Å². The molecule has 0 aliphatic heterocycles. The molecule has 0 N–H and O–H groups in total. The molecule has 1 aliphatic rings. The first kappa shape index (κ1) is 13.1. The van der Waals surface area contributed by atoms with Gasteiger partial charge in [-0.15, -0.1) is 22.7 Å². The summed E-state index contributed by atoms with van der Waals surface area (Å²) in [5.74, 6) is 0.225. The Kier molecular flexibility index (Phi) is 3.85. The number of carbonyl (C=O) groups is 1. The van der Waals surface area contributed by atoms with E-state index in [9.17, 15) is 4.79 Å². The van der Waals surface area contributed by atoms with Crippen LogP contribution in [0.3, 0.4) is 0 Å². The molecule has 3 rings (SSSR count). The average molecular weight is 290 g/mol. The molecular formula is C16H18OS2. The van der Waals surface area contributed by atoms with Crippen LogP contribution in [-0.4, -0.2) is 5.78 Å². The number of hydrogen-bond donors (Lipinski definition) is 0. The van der Waals surface area contributed by atoms with Gasteiger partial charge in [-0.1, -0.05) is 13.3 Å². The summed E-state index contributed by atoms with van der Waals surface area (Å²) in [5, 5.41) is 0. The lowest BCUT2D eigenvalue weighted by Gasteiger charge is -1.94. The van der Waals surface area contributed by atoms with E-state index in [2.05, 4.69) is 19.1 Å². The lowest BCUT2D eigenvalue weighted by molar-refractivity contribution is 0.104. The van der Waals surface area contributed by atoms with Crippen LogP contribution in [-0.2, 0) is 19.3 Å². The highest BCUT2D eigenvalue weighted by atomic mass is 32.1. The molecule has 0 fully saturated rings. The number of carbonyl (C=O) groups excluding carboxylic acids is 1. The van der Waals surface area contributed by atoms with Crippen LogP contribution in [0.5, 0.6) is 0 Å². The normalized spacial score (nSPS) is 15.0. The zero-order valence-corrected chi connectivity index (χ0v) is 12.8. The molecule has 2 aromatic rings. The first-order chi connectivity index (χ1) is 9.28. The molecule has 0 aromatic carbocycles. The van der Waals surface area contributed by atoms with Crippen molar-refractivity contribution in [3.8, 4) is 0 Å². The molecule has 3 heteroatoms. The van der Waals surface area contributed by atoms with Crippen molar-refractivity contribution >= 4 is 28.5 Å². The zero-order valence-electron chi connectivity index (χ0n) is 11.2. The summed E-state index contributed by atoms with van der Waals surface area (Å²) in [6, 6.07) is 6.21. The van der Waals surface area contributed by atoms with E-state index in [0.29, 0.717) is 0 Å². The van der Waals surface area contributed by atoms with Crippen LogP contribution in [0, 0.1) is 0 Å². The van der Waals surface area contributed by atoms with Crippen molar-refractivity contribution in [2.24, 2.45) is 0 Å². The fraction of sp³-hybridized carbons (Fsp3) is 0.438. The van der Waals surface area contributed by atoms with Crippen molar-refractivity contribution in [2.45, 2.75) is 45.4 Å². The van der Waals surface area contributed by atoms with Crippen molar-refractivity contribution in [1.82, 2.24) is 0 Å². The van der Waals surface area contributed by atoms with Crippen molar-refractivity contribution in [1.29, 1.82) is 0 Å². The molecule has 2 heterocycles. The summed E-state index contributed by atoms with van der Waals surface area (Å²) in [4.78, 5) is 17.1. The van der Waals surface area contributed by atoms with Crippen LogP contribution in [0.1, 0.15) is 56.1 Å². The smallest absolute Gasteiger partial charge is 0.212 e. The highest BCUT2D eigenvalue weighted by Gasteiger charge is 2.18. The van der Waals surface area contributed by atoms with Crippen LogP contribution in [0.15, 0.2) is 18.2 Å². The van der Waals surface area contributed by atoms with Crippen molar-refractivity contribution in [3.05, 3.63) is 43.3 Å². The largest absolute Gasteiger partial charge is 0.287 e. The van der Waals surface area contributed by atoms with Gasteiger partial charge in [-0.05, 0) is 55.9 Å². The van der Waals surface area contributed by atoms with E-state index < -0.39 is 0 Å². The number of rotatable bonds is 3. The summed E-state index contributed by atoms with van der Waals surface area (Å²) in [6.07, 6.45) is 7.21. The topological polar surface area (TPSA) is 17.1 Å². The van der Waals surface area contributed by atoms with E-state index in [1.807, 2.05) is 6.07 Å². The van der Waals surface area contributed by atoms with Gasteiger partial charge >= 0.3 is 0 Å². The maximum atomic E-state index is 12.5. The summed E-state index contributed by atoms with van der Waals surface area (Å²) < 4.78 is 0. The van der Waals surface area contributed by atoms with E-state index in [-0.39, 0.29) is 5.78 Å². The minimum atomic E-state index is 0.225. The van der Waals surface area contributed by atoms with Gasteiger partial charge in [0.25, 0.3) is 0 Å². The third kappa shape index (κ3) is 2.67. The number of thiophene rings is 2. The Morgan fingerprint density at radius 1 is 1.11 bits per heavy atom. The van der Waals surface area contributed by atoms with Gasteiger partial charge in [-0.3, -0.25) is 4.79 Å². The average Bonchev–Trinajstić information content (AvgIpc) is 3.00. The fourth-order valence-corrected chi connectivity index (χ4v) is 4.76. The van der Waals surface area contributed by atoms with Gasteiger partial charge in [0, 0.05) is 9.75 Å². The molecule has 0 unspecified atom stereocenters. The third-order valence-corrected chi connectivity index (χ3v) is 6.17. The standard InChI is InChI=1S/C16H18OS2/c1-2-12-8-9-14(18-12)16(17)15-10-11-6-4-3-5-7-13(11)19-15/h8-10H,2-7H2,1H3. The molecule has 2 aromatic heterocycles. The van der Waals surface area contributed by atoms with E-state index in [1.165, 1.54) is 34.6 Å². The minimum absolute atomic E-state index is 0.225. The summed E-state index contributed by atoms with van der Waals surface area (Å²) in [5.41, 5.74) is 1.43. The number of ketones is 1. The Hall–Kier alpha value is -0.930. The molecular weight excluding hydrogens is 272 g/mol. The predicted octanol–water partition coefficient (Wildman–Crippen LogP) is 4.87. The predicted molar refractivity (Wildman–Crippen MR) is 82.7 cm³/mol. The quantitative estimate of drug-likeness (QED) is 0.582. The lowest BCUT2D eigenvalue weighted by atomic mass is 10.1. The Labute approximate surface area is 122 Å². The fourth-order valence-electron chi connectivity index (χ4n) is 2.59. The van der Waals surface area contributed by atoms with Crippen LogP contribution < -0.4 is 0 Å². The number of aryl methyl sites for hydroxylation is 3. The second-order valence-electron chi connectivity index (χ2n) is 5.07. The lowest BCUT2D eigenvalue weighted by Crippen LogP contribution is -1.94. The zero-order chi connectivity index (χ0) is 13.2. The number of hydrogen-bond acceptors (Lipinski definition) is 3. The molecule has 19 heavy (non-hydrogen) atoms. The van der Waals surface area contributed by atoms with Gasteiger partial charge in [0.15, 0.2) is 0 Å². The second-order valence-corrected chi connectivity index (χ2v) is 7.37. The van der Waals surface area contributed by atoms with Gasteiger partial charge in [-0.25, -0.2) is 0 Å². The van der Waals surface area contributed by atoms with E-state index in [1.54, 1.807) is 22.7 Å². The second kappa shape index (κ2) is 5.59. The van der Waals surface area contributed by atoms with E-state index >= 15 is 0 Å². The Morgan fingerprint density at radius 2 is 1.95 bits per heavy atom. The number of fused-ring (bicyclic) bond motifs is 1. The van der Waals surface area contributed by atoms with Gasteiger partial charge in [0.05, 0.1) is 9.75 Å². The maximum Gasteiger partial charge on any atom is 0.212 e. The Bertz CT molecular complexity index is 568. The van der Waals surface area contributed by atoms with Crippen molar-refractivity contribution in [3.63, 3.8) is 0 Å². The molecule has 100 valence electrons. The van der Waals surface area contributed by atoms with Crippen LogP contribution in [0.4, 0.5) is 0 Å². The van der Waals surface area contributed by atoms with Crippen molar-refractivity contribution in [2.75, 3.05) is 0 Å². The molecule has 0 amide bonds. The molecule has 0 saturated heterocycles. The molecule has 0 saturated carbocycles. The molecule has 1 nitrogen and oxygen atoms in total. The maximum absolute atomic E-state index is 12.5. The Balaban J connectivity index is 1.87. The third-order valence-electron chi connectivity index (χ3n) is 3.70. The molecule has 0 atom stereocenters. The highest BCUT2D eigenvalue weighted by molar-refractivity contribution is 7.17. The SMILES string of the molecule is CCc1ccc(C(=O)c2cc3c(s2)CCCCC3)s1. The van der Waals surface area contributed by atoms with Gasteiger partial charge in [0.2, 0.25) is 5.78 Å². The van der Waals surface area contributed by atoms with Crippen LogP contribution in [0.2, 0.25) is 0 Å². The highest BCUT2D eigenvalue weighted by Crippen LogP contribution is 2.31. The summed E-state index contributed by atoms with van der Waals surface area (Å²) >= 11 is 3.37. The summed E-state index contributed by atoms with van der Waals surface area (Å²) in [7, 11) is 0. The first-order valence-electron chi connectivity index (χ1n) is 7.03. The first-order valence-corrected chi connectivity index (χ1v) is 8.66. The van der Waals surface area contributed by atoms with Crippen LogP contribution in [0.25, 0.3) is 0 Å². The minimum Gasteiger partial charge on any atom is -0.287 e. The van der Waals surface area contributed by atoms with Gasteiger partial charge in [-0.2, -0.15) is 0 Å². The van der Waals surface area contributed by atoms with Gasteiger partial charge < -0.3 is 0 Å². The molecule has 0 spiro atoms. The van der Waals surface area contributed by atoms with Gasteiger partial charge in [0.1, 0.15) is 0 Å². The van der Waals surface area contributed by atoms with Crippen molar-refractivity contribution < 1.29 is 4.79 Å². The summed E-state index contributed by atoms with van der Waals surface area (Å²) in [6.45, 7) is 2.13. The molecule has 0 bridgehead atoms. The van der Waals surface area contributed by atoms with E-state index in [4.69, 9.17) is 0 Å². The molecule has 0 radical (unpaired) electrons. The van der Waals surface area contributed by atoms with E-state index in [0.717, 1.165) is 29.0 Å². The monoisotopic (exact) mass is 290 g/mol.